The Morgan fingerprint density at radius 1 is 1.54 bits per heavy atom. The van der Waals surface area contributed by atoms with Gasteiger partial charge in [-0.2, -0.15) is 0 Å². The topological polar surface area (TPSA) is 107 Å². The molecule has 0 aromatic carbocycles. The second-order valence-corrected chi connectivity index (χ2v) is 1.95. The SMILES string of the molecule is CC(=O)O[N+](=O)[O-].CCCC(=O)O. The van der Waals surface area contributed by atoms with Crippen LogP contribution in [0.1, 0.15) is 26.7 Å². The zero-order valence-electron chi connectivity index (χ0n) is 7.35. The fourth-order valence-electron chi connectivity index (χ4n) is 0.319. The molecule has 0 heterocycles. The molecule has 0 aliphatic rings. The van der Waals surface area contributed by atoms with E-state index >= 15 is 0 Å². The Hall–Kier alpha value is -1.66. The van der Waals surface area contributed by atoms with Gasteiger partial charge < -0.3 is 5.11 Å². The summed E-state index contributed by atoms with van der Waals surface area (Å²) in [6, 6.07) is 0. The van der Waals surface area contributed by atoms with Crippen molar-refractivity contribution in [2.24, 2.45) is 0 Å². The van der Waals surface area contributed by atoms with Crippen LogP contribution in [0, 0.1) is 10.1 Å². The van der Waals surface area contributed by atoms with E-state index in [1.807, 2.05) is 6.92 Å². The minimum absolute atomic E-state index is 0.292. The van der Waals surface area contributed by atoms with Crippen molar-refractivity contribution in [2.45, 2.75) is 26.7 Å². The highest BCUT2D eigenvalue weighted by atomic mass is 17.0. The fourth-order valence-corrected chi connectivity index (χ4v) is 0.319. The highest BCUT2D eigenvalue weighted by molar-refractivity contribution is 5.66. The van der Waals surface area contributed by atoms with Gasteiger partial charge in [-0.15, -0.1) is 10.1 Å². The summed E-state index contributed by atoms with van der Waals surface area (Å²) in [6.07, 6.45) is 1.02. The van der Waals surface area contributed by atoms with Crippen LogP contribution in [-0.2, 0) is 14.4 Å². The molecular formula is C6H11NO6. The predicted molar refractivity (Wildman–Crippen MR) is 41.3 cm³/mol. The van der Waals surface area contributed by atoms with E-state index in [-0.39, 0.29) is 0 Å². The Morgan fingerprint density at radius 3 is 2.00 bits per heavy atom. The van der Waals surface area contributed by atoms with Crippen molar-refractivity contribution < 1.29 is 24.6 Å². The number of aliphatic carboxylic acids is 1. The molecule has 0 radical (unpaired) electrons. The molecule has 1 N–H and O–H groups in total. The van der Waals surface area contributed by atoms with Gasteiger partial charge in [-0.1, -0.05) is 6.92 Å². The van der Waals surface area contributed by atoms with Crippen LogP contribution >= 0.6 is 0 Å². The van der Waals surface area contributed by atoms with E-state index < -0.39 is 17.0 Å². The zero-order chi connectivity index (χ0) is 10.9. The van der Waals surface area contributed by atoms with Gasteiger partial charge in [0, 0.05) is 13.3 Å². The van der Waals surface area contributed by atoms with Crippen molar-refractivity contribution in [3.05, 3.63) is 10.1 Å². The number of carboxylic acid groups (broad SMARTS) is 1. The number of carbonyl (C=O) groups excluding carboxylic acids is 1. The first kappa shape index (κ1) is 13.9. The maximum atomic E-state index is 9.60. The maximum Gasteiger partial charge on any atom is 0.303 e. The van der Waals surface area contributed by atoms with E-state index in [4.69, 9.17) is 5.11 Å². The van der Waals surface area contributed by atoms with Crippen LogP contribution in [0.5, 0.6) is 0 Å². The number of nitrogens with zero attached hydrogens (tertiary/aromatic N) is 1. The Morgan fingerprint density at radius 2 is 2.00 bits per heavy atom. The molecule has 0 aromatic rings. The van der Waals surface area contributed by atoms with E-state index in [9.17, 15) is 19.7 Å². The molecule has 13 heavy (non-hydrogen) atoms. The molecule has 0 saturated carbocycles. The molecule has 0 aliphatic carbocycles. The van der Waals surface area contributed by atoms with Crippen molar-refractivity contribution >= 4 is 11.9 Å². The molecule has 0 aliphatic heterocycles. The third-order valence-electron chi connectivity index (χ3n) is 0.667. The largest absolute Gasteiger partial charge is 0.481 e. The van der Waals surface area contributed by atoms with Gasteiger partial charge in [-0.25, -0.2) is 4.84 Å². The molecule has 7 heteroatoms. The summed E-state index contributed by atoms with van der Waals surface area (Å²) in [4.78, 5) is 31.7. The van der Waals surface area contributed by atoms with Crippen molar-refractivity contribution in [3.63, 3.8) is 0 Å². The van der Waals surface area contributed by atoms with Gasteiger partial charge >= 0.3 is 17.0 Å². The number of rotatable bonds is 3. The summed E-state index contributed by atoms with van der Waals surface area (Å²) in [7, 11) is 0. The van der Waals surface area contributed by atoms with Gasteiger partial charge in [0.05, 0.1) is 0 Å². The lowest BCUT2D eigenvalue weighted by Gasteiger charge is -1.82. The molecule has 0 saturated heterocycles. The third kappa shape index (κ3) is 25.2. The first-order chi connectivity index (χ1) is 5.90. The average Bonchev–Trinajstić information content (AvgIpc) is 1.83. The summed E-state index contributed by atoms with van der Waals surface area (Å²) in [5.74, 6) is -1.62. The smallest absolute Gasteiger partial charge is 0.303 e. The van der Waals surface area contributed by atoms with Crippen molar-refractivity contribution in [1.82, 2.24) is 0 Å². The molecular weight excluding hydrogens is 182 g/mol. The van der Waals surface area contributed by atoms with E-state index in [0.717, 1.165) is 13.3 Å². The maximum absolute atomic E-state index is 9.60. The van der Waals surface area contributed by atoms with Crippen molar-refractivity contribution in [2.75, 3.05) is 0 Å². The highest BCUT2D eigenvalue weighted by Crippen LogP contribution is 1.82. The molecule has 0 unspecified atom stereocenters. The summed E-state index contributed by atoms with van der Waals surface area (Å²) in [6.45, 7) is 2.80. The minimum Gasteiger partial charge on any atom is -0.481 e. The molecule has 0 bridgehead atoms. The van der Waals surface area contributed by atoms with Crippen LogP contribution in [0.15, 0.2) is 0 Å². The summed E-state index contributed by atoms with van der Waals surface area (Å²) >= 11 is 0. The Bertz CT molecular complexity index is 178. The van der Waals surface area contributed by atoms with Gasteiger partial charge in [-0.05, 0) is 6.42 Å². The van der Waals surface area contributed by atoms with E-state index in [1.54, 1.807) is 0 Å². The normalized spacial score (nSPS) is 7.85. The molecule has 0 rings (SSSR count). The molecule has 7 nitrogen and oxygen atoms in total. The number of hydrogen-bond acceptors (Lipinski definition) is 5. The first-order valence-corrected chi connectivity index (χ1v) is 3.44. The molecule has 0 amide bonds. The lowest BCUT2D eigenvalue weighted by Crippen LogP contribution is -2.04. The van der Waals surface area contributed by atoms with Gasteiger partial charge in [0.1, 0.15) is 0 Å². The number of hydrogen-bond donors (Lipinski definition) is 1. The summed E-state index contributed by atoms with van der Waals surface area (Å²) in [5.41, 5.74) is 0. The van der Waals surface area contributed by atoms with Gasteiger partial charge in [0.15, 0.2) is 0 Å². The quantitative estimate of drug-likeness (QED) is 0.519. The third-order valence-corrected chi connectivity index (χ3v) is 0.667. The van der Waals surface area contributed by atoms with Crippen molar-refractivity contribution in [3.8, 4) is 0 Å². The average molecular weight is 193 g/mol. The standard InChI is InChI=1S/C4H8O2.C2H3NO4/c1-2-3-4(5)6;1-2(4)7-3(5)6/h2-3H2,1H3,(H,5,6);1H3. The molecule has 0 aromatic heterocycles. The summed E-state index contributed by atoms with van der Waals surface area (Å²) < 4.78 is 0. The van der Waals surface area contributed by atoms with E-state index in [0.29, 0.717) is 6.42 Å². The number of carbonyl (C=O) groups is 2. The molecule has 76 valence electrons. The van der Waals surface area contributed by atoms with E-state index in [2.05, 4.69) is 4.84 Å². The second-order valence-electron chi connectivity index (χ2n) is 1.95. The molecule has 0 atom stereocenters. The van der Waals surface area contributed by atoms with Crippen LogP contribution in [0.2, 0.25) is 0 Å². The summed E-state index contributed by atoms with van der Waals surface area (Å²) in [5, 5.41) is 15.9. The van der Waals surface area contributed by atoms with Gasteiger partial charge in [-0.3, -0.25) is 9.59 Å². The lowest BCUT2D eigenvalue weighted by atomic mass is 10.4. The van der Waals surface area contributed by atoms with Crippen LogP contribution in [0.25, 0.3) is 0 Å². The highest BCUT2D eigenvalue weighted by Gasteiger charge is 1.95. The van der Waals surface area contributed by atoms with Gasteiger partial charge in [0.2, 0.25) is 0 Å². The Balaban J connectivity index is 0. The molecule has 0 fully saturated rings. The fraction of sp³-hybridized carbons (Fsp3) is 0.667. The lowest BCUT2D eigenvalue weighted by molar-refractivity contribution is -0.729. The monoisotopic (exact) mass is 193 g/mol. The number of carboxylic acids is 1. The Labute approximate surface area is 74.4 Å². The zero-order valence-corrected chi connectivity index (χ0v) is 7.35. The minimum atomic E-state index is -1.15. The van der Waals surface area contributed by atoms with Gasteiger partial charge in [0.25, 0.3) is 0 Å². The Kier molecular flexibility index (Phi) is 9.02. The predicted octanol–water partition coefficient (Wildman–Crippen LogP) is 0.612. The van der Waals surface area contributed by atoms with Crippen LogP contribution in [-0.4, -0.2) is 22.1 Å². The van der Waals surface area contributed by atoms with Crippen LogP contribution < -0.4 is 0 Å². The second kappa shape index (κ2) is 8.44. The van der Waals surface area contributed by atoms with Crippen LogP contribution in [0.4, 0.5) is 0 Å². The van der Waals surface area contributed by atoms with Crippen molar-refractivity contribution in [1.29, 1.82) is 0 Å². The first-order valence-electron chi connectivity index (χ1n) is 3.44. The molecule has 0 spiro atoms. The van der Waals surface area contributed by atoms with Crippen LogP contribution in [0.3, 0.4) is 0 Å². The van der Waals surface area contributed by atoms with E-state index in [1.165, 1.54) is 0 Å².